The van der Waals surface area contributed by atoms with E-state index in [0.29, 0.717) is 11.2 Å². The molecule has 2 aliphatic heterocycles. The Hall–Kier alpha value is -1.32. The SMILES string of the molecule is Nc1ncnc2c1ncn2[C@H]1C[C@H](O)[C@@H](CO[P@@]2(=O)OOP(=O)(O)OP(=O)(O)O2)O1. The molecule has 2 unspecified atom stereocenters. The summed E-state index contributed by atoms with van der Waals surface area (Å²) in [5, 5.41) is 10.2. The molecule has 0 spiro atoms. The molecule has 0 amide bonds. The number of anilines is 1. The van der Waals surface area contributed by atoms with E-state index in [1.165, 1.54) is 17.2 Å². The summed E-state index contributed by atoms with van der Waals surface area (Å²) in [5.41, 5.74) is 6.39. The zero-order valence-corrected chi connectivity index (χ0v) is 17.2. The van der Waals surface area contributed by atoms with Crippen LogP contribution in [0.5, 0.6) is 0 Å². The molecule has 4 heterocycles. The molecule has 0 radical (unpaired) electrons. The van der Waals surface area contributed by atoms with E-state index in [-0.39, 0.29) is 12.2 Å². The van der Waals surface area contributed by atoms with E-state index < -0.39 is 48.5 Å². The third-order valence-corrected chi connectivity index (χ3v) is 8.31. The predicted octanol–water partition coefficient (Wildman–Crippen LogP) is 0.377. The second kappa shape index (κ2) is 7.67. The van der Waals surface area contributed by atoms with Crippen molar-refractivity contribution in [1.82, 2.24) is 19.5 Å². The smallest absolute Gasteiger partial charge is 0.390 e. The number of nitrogens with two attached hydrogens (primary N) is 1. The van der Waals surface area contributed by atoms with Crippen molar-refractivity contribution in [1.29, 1.82) is 0 Å². The molecule has 0 aliphatic carbocycles. The highest BCUT2D eigenvalue weighted by Gasteiger charge is 2.51. The van der Waals surface area contributed by atoms with E-state index in [9.17, 15) is 23.7 Å². The summed E-state index contributed by atoms with van der Waals surface area (Å²) < 4.78 is 62.9. The van der Waals surface area contributed by atoms with Crippen LogP contribution in [0.1, 0.15) is 12.6 Å². The molecule has 0 bridgehead atoms. The van der Waals surface area contributed by atoms with Crippen LogP contribution in [0.2, 0.25) is 0 Å². The maximum atomic E-state index is 12.3. The minimum Gasteiger partial charge on any atom is -0.390 e. The average Bonchev–Trinajstić information content (AvgIpc) is 3.19. The molecule has 2 fully saturated rings. The largest absolute Gasteiger partial charge is 0.511 e. The van der Waals surface area contributed by atoms with Crippen molar-refractivity contribution < 1.29 is 55.8 Å². The van der Waals surface area contributed by atoms with Crippen LogP contribution in [0.4, 0.5) is 5.82 Å². The van der Waals surface area contributed by atoms with Crippen LogP contribution in [0, 0.1) is 0 Å². The van der Waals surface area contributed by atoms with Gasteiger partial charge in [0.05, 0.1) is 19.0 Å². The van der Waals surface area contributed by atoms with Crippen LogP contribution in [-0.2, 0) is 40.9 Å². The van der Waals surface area contributed by atoms with E-state index in [1.807, 2.05) is 0 Å². The lowest BCUT2D eigenvalue weighted by Gasteiger charge is -2.18. The summed E-state index contributed by atoms with van der Waals surface area (Å²) in [5.74, 6) is 0.148. The van der Waals surface area contributed by atoms with Gasteiger partial charge in [0.25, 0.3) is 0 Å². The van der Waals surface area contributed by atoms with Crippen LogP contribution in [0.15, 0.2) is 12.7 Å². The molecular formula is C10H14N5O12P3. The molecule has 2 aromatic heterocycles. The summed E-state index contributed by atoms with van der Waals surface area (Å²) >= 11 is 0. The number of imidazole rings is 1. The third-order valence-electron chi connectivity index (χ3n) is 3.93. The van der Waals surface area contributed by atoms with Crippen molar-refractivity contribution in [2.75, 3.05) is 12.3 Å². The van der Waals surface area contributed by atoms with Crippen molar-refractivity contribution in [2.24, 2.45) is 0 Å². The van der Waals surface area contributed by atoms with Gasteiger partial charge >= 0.3 is 23.5 Å². The van der Waals surface area contributed by atoms with Crippen LogP contribution < -0.4 is 5.73 Å². The van der Waals surface area contributed by atoms with Crippen molar-refractivity contribution in [2.45, 2.75) is 24.9 Å². The fraction of sp³-hybridized carbons (Fsp3) is 0.500. The first kappa shape index (κ1) is 21.9. The Morgan fingerprint density at radius 3 is 2.70 bits per heavy atom. The van der Waals surface area contributed by atoms with E-state index in [2.05, 4.69) is 32.9 Å². The monoisotopic (exact) mass is 489 g/mol. The van der Waals surface area contributed by atoms with Crippen LogP contribution >= 0.6 is 23.5 Å². The average molecular weight is 489 g/mol. The van der Waals surface area contributed by atoms with Gasteiger partial charge in [-0.1, -0.05) is 0 Å². The summed E-state index contributed by atoms with van der Waals surface area (Å²) in [6.07, 6.45) is -0.393. The number of phosphoric acid groups is 3. The highest BCUT2D eigenvalue weighted by molar-refractivity contribution is 7.68. The molecule has 20 heteroatoms. The van der Waals surface area contributed by atoms with Gasteiger partial charge < -0.3 is 25.4 Å². The number of aliphatic hydroxyl groups is 1. The van der Waals surface area contributed by atoms with Crippen molar-refractivity contribution >= 4 is 40.4 Å². The van der Waals surface area contributed by atoms with Gasteiger partial charge in [-0.15, -0.1) is 9.35 Å². The van der Waals surface area contributed by atoms with E-state index in [1.54, 1.807) is 0 Å². The van der Waals surface area contributed by atoms with Gasteiger partial charge in [0.15, 0.2) is 11.5 Å². The zero-order valence-electron chi connectivity index (χ0n) is 14.5. The predicted molar refractivity (Wildman–Crippen MR) is 91.8 cm³/mol. The van der Waals surface area contributed by atoms with Crippen LogP contribution in [0.3, 0.4) is 0 Å². The second-order valence-corrected chi connectivity index (χ2v) is 10.6. The number of aromatic nitrogens is 4. The zero-order chi connectivity index (χ0) is 21.7. The van der Waals surface area contributed by atoms with Gasteiger partial charge in [0.2, 0.25) is 0 Å². The molecule has 6 atom stereocenters. The Morgan fingerprint density at radius 2 is 1.93 bits per heavy atom. The van der Waals surface area contributed by atoms with Crippen molar-refractivity contribution in [3.8, 4) is 0 Å². The van der Waals surface area contributed by atoms with Gasteiger partial charge in [0, 0.05) is 6.42 Å². The highest BCUT2D eigenvalue weighted by atomic mass is 31.3. The Balaban J connectivity index is 1.46. The topological polar surface area (TPSA) is 237 Å². The number of nitrogen functional groups attached to an aromatic ring is 1. The van der Waals surface area contributed by atoms with E-state index >= 15 is 0 Å². The molecule has 2 aliphatic rings. The number of fused-ring (bicyclic) bond motifs is 1. The number of rotatable bonds is 4. The lowest BCUT2D eigenvalue weighted by atomic mass is 10.2. The third kappa shape index (κ3) is 4.48. The minimum atomic E-state index is -5.33. The van der Waals surface area contributed by atoms with Gasteiger partial charge in [-0.2, -0.15) is 8.62 Å². The summed E-state index contributed by atoms with van der Waals surface area (Å²) in [4.78, 5) is 30.4. The summed E-state index contributed by atoms with van der Waals surface area (Å²) in [7, 11) is -15.5. The normalized spacial score (nSPS) is 39.9. The van der Waals surface area contributed by atoms with Gasteiger partial charge in [-0.3, -0.25) is 9.09 Å². The fourth-order valence-electron chi connectivity index (χ4n) is 2.71. The maximum Gasteiger partial charge on any atom is 0.511 e. The van der Waals surface area contributed by atoms with Crippen molar-refractivity contribution in [3.63, 3.8) is 0 Å². The number of aliphatic hydroxyl groups excluding tert-OH is 1. The molecular weight excluding hydrogens is 475 g/mol. The molecule has 5 N–H and O–H groups in total. The van der Waals surface area contributed by atoms with E-state index in [4.69, 9.17) is 19.9 Å². The number of ether oxygens (including phenoxy) is 1. The molecule has 2 saturated heterocycles. The minimum absolute atomic E-state index is 0.0410. The first-order chi connectivity index (χ1) is 14.0. The molecule has 166 valence electrons. The van der Waals surface area contributed by atoms with E-state index in [0.717, 1.165) is 0 Å². The second-order valence-electron chi connectivity index (χ2n) is 6.01. The molecule has 17 nitrogen and oxygen atoms in total. The number of nitrogens with zero attached hydrogens (tertiary/aromatic N) is 4. The first-order valence-corrected chi connectivity index (χ1v) is 12.4. The lowest BCUT2D eigenvalue weighted by molar-refractivity contribution is -0.141. The summed E-state index contributed by atoms with van der Waals surface area (Å²) in [6, 6.07) is 0. The first-order valence-electron chi connectivity index (χ1n) is 7.94. The van der Waals surface area contributed by atoms with Crippen LogP contribution in [0.25, 0.3) is 11.2 Å². The van der Waals surface area contributed by atoms with Gasteiger partial charge in [0.1, 0.15) is 24.2 Å². The maximum absolute atomic E-state index is 12.3. The molecule has 30 heavy (non-hydrogen) atoms. The van der Waals surface area contributed by atoms with Crippen molar-refractivity contribution in [3.05, 3.63) is 12.7 Å². The Bertz CT molecular complexity index is 1110. The van der Waals surface area contributed by atoms with Gasteiger partial charge in [-0.25, -0.2) is 28.6 Å². The molecule has 0 aromatic carbocycles. The molecule has 0 saturated carbocycles. The Morgan fingerprint density at radius 1 is 1.17 bits per heavy atom. The highest BCUT2D eigenvalue weighted by Crippen LogP contribution is 2.74. The van der Waals surface area contributed by atoms with Gasteiger partial charge in [-0.05, 0) is 0 Å². The fourth-order valence-corrected chi connectivity index (χ4v) is 6.59. The number of hydrogen-bond acceptors (Lipinski definition) is 14. The Kier molecular flexibility index (Phi) is 5.60. The Labute approximate surface area is 166 Å². The van der Waals surface area contributed by atoms with Crippen LogP contribution in [-0.4, -0.2) is 53.2 Å². The standard InChI is InChI=1S/C10H14N5O12P3/c11-9-8-10(13-3-12-9)15(4-14-8)7-1-5(16)6(23-7)2-22-30(21)25-24-28(17,18)26-29(19,20)27-30/h3-7,16H,1-2H2,(H,17,18)(H,19,20)(H2,11,12,13)/t5-,6+,7+,30-/m0/s1. The summed E-state index contributed by atoms with van der Waals surface area (Å²) in [6.45, 7) is -0.683. The quantitative estimate of drug-likeness (QED) is 0.335. The molecule has 2 aromatic rings. The molecule has 4 rings (SSSR count). The lowest BCUT2D eigenvalue weighted by Crippen LogP contribution is -2.26. The number of hydrogen-bond donors (Lipinski definition) is 4.